The number of hydrogen-bond acceptors (Lipinski definition) is 6. The Morgan fingerprint density at radius 1 is 1.23 bits per heavy atom. The minimum atomic E-state index is -0.876. The number of nitrogens with zero attached hydrogens (tertiary/aromatic N) is 4. The van der Waals surface area contributed by atoms with Crippen molar-refractivity contribution < 1.29 is 9.84 Å². The molecule has 0 aliphatic rings. The molecule has 3 aromatic rings. The molecule has 0 radical (unpaired) electrons. The summed E-state index contributed by atoms with van der Waals surface area (Å²) >= 11 is 0. The number of rotatable bonds is 9. The number of aromatic amines is 1. The largest absolute Gasteiger partial charge is 0.491 e. The zero-order valence-corrected chi connectivity index (χ0v) is 17.9. The molecule has 1 atom stereocenters. The fourth-order valence-corrected chi connectivity index (χ4v) is 3.45. The first kappa shape index (κ1) is 21.6. The highest BCUT2D eigenvalue weighted by atomic mass is 16.5. The van der Waals surface area contributed by atoms with Crippen molar-refractivity contribution in [3.05, 3.63) is 50.7 Å². The number of nitrogens with one attached hydrogen (secondary N) is 1. The minimum Gasteiger partial charge on any atom is -0.491 e. The molecule has 9 heteroatoms. The van der Waals surface area contributed by atoms with Gasteiger partial charge >= 0.3 is 5.69 Å². The summed E-state index contributed by atoms with van der Waals surface area (Å²) in [6.07, 6.45) is 0.0221. The maximum Gasteiger partial charge on any atom is 0.329 e. The number of anilines is 1. The van der Waals surface area contributed by atoms with Gasteiger partial charge in [-0.15, -0.1) is 0 Å². The second-order valence-electron chi connectivity index (χ2n) is 7.15. The zero-order chi connectivity index (χ0) is 21.8. The molecule has 0 saturated carbocycles. The highest BCUT2D eigenvalue weighted by Gasteiger charge is 2.22. The van der Waals surface area contributed by atoms with Gasteiger partial charge in [-0.1, -0.05) is 19.1 Å². The van der Waals surface area contributed by atoms with Crippen LogP contribution in [0.2, 0.25) is 0 Å². The first-order valence-electron chi connectivity index (χ1n) is 10.2. The van der Waals surface area contributed by atoms with Gasteiger partial charge in [0.1, 0.15) is 18.5 Å². The van der Waals surface area contributed by atoms with Gasteiger partial charge in [0.15, 0.2) is 11.2 Å². The normalized spacial score (nSPS) is 12.3. The first-order valence-corrected chi connectivity index (χ1v) is 10.2. The summed E-state index contributed by atoms with van der Waals surface area (Å²) in [6.45, 7) is 7.54. The second kappa shape index (κ2) is 9.17. The van der Waals surface area contributed by atoms with E-state index in [2.05, 4.69) is 16.9 Å². The number of aromatic nitrogens is 4. The van der Waals surface area contributed by atoms with Crippen molar-refractivity contribution in [2.75, 3.05) is 24.6 Å². The van der Waals surface area contributed by atoms with E-state index >= 15 is 0 Å². The van der Waals surface area contributed by atoms with Crippen LogP contribution in [0.25, 0.3) is 11.2 Å². The molecule has 3 rings (SSSR count). The van der Waals surface area contributed by atoms with E-state index in [0.29, 0.717) is 24.8 Å². The predicted octanol–water partition coefficient (Wildman–Crippen LogP) is 1.27. The Morgan fingerprint density at radius 2 is 1.97 bits per heavy atom. The minimum absolute atomic E-state index is 0.0637. The van der Waals surface area contributed by atoms with Crippen LogP contribution in [0.3, 0.4) is 0 Å². The Balaban J connectivity index is 1.93. The van der Waals surface area contributed by atoms with Gasteiger partial charge in [-0.25, -0.2) is 4.79 Å². The third-order valence-electron chi connectivity index (χ3n) is 5.18. The van der Waals surface area contributed by atoms with Crippen LogP contribution in [0.15, 0.2) is 33.9 Å². The Bertz CT molecular complexity index is 1130. The van der Waals surface area contributed by atoms with Gasteiger partial charge in [0.05, 0.1) is 6.54 Å². The summed E-state index contributed by atoms with van der Waals surface area (Å²) in [5.74, 6) is 1.22. The van der Waals surface area contributed by atoms with Crippen molar-refractivity contribution in [1.82, 2.24) is 19.1 Å². The Labute approximate surface area is 174 Å². The highest BCUT2D eigenvalue weighted by Crippen LogP contribution is 2.20. The molecule has 30 heavy (non-hydrogen) atoms. The number of aliphatic hydroxyl groups excluding tert-OH is 1. The monoisotopic (exact) mass is 415 g/mol. The van der Waals surface area contributed by atoms with Crippen LogP contribution >= 0.6 is 0 Å². The number of ether oxygens (including phenoxy) is 1. The molecule has 9 nitrogen and oxygen atoms in total. The summed E-state index contributed by atoms with van der Waals surface area (Å²) < 4.78 is 8.73. The molecule has 0 bridgehead atoms. The molecule has 0 spiro atoms. The van der Waals surface area contributed by atoms with Crippen molar-refractivity contribution in [3.8, 4) is 5.75 Å². The van der Waals surface area contributed by atoms with E-state index in [9.17, 15) is 14.7 Å². The topological polar surface area (TPSA) is 105 Å². The van der Waals surface area contributed by atoms with E-state index in [0.717, 1.165) is 12.0 Å². The van der Waals surface area contributed by atoms with Crippen molar-refractivity contribution in [2.45, 2.75) is 39.8 Å². The lowest BCUT2D eigenvalue weighted by Gasteiger charge is -2.22. The average Bonchev–Trinajstić information content (AvgIpc) is 3.11. The van der Waals surface area contributed by atoms with E-state index in [1.807, 2.05) is 43.0 Å². The molecular formula is C21H29N5O4. The molecular weight excluding hydrogens is 386 g/mol. The smallest absolute Gasteiger partial charge is 0.329 e. The van der Waals surface area contributed by atoms with Crippen LogP contribution in [0.4, 0.5) is 5.95 Å². The van der Waals surface area contributed by atoms with E-state index in [1.54, 1.807) is 11.6 Å². The maximum atomic E-state index is 12.6. The molecule has 1 aromatic carbocycles. The van der Waals surface area contributed by atoms with Gasteiger partial charge in [0.2, 0.25) is 5.95 Å². The van der Waals surface area contributed by atoms with Gasteiger partial charge in [-0.3, -0.25) is 14.3 Å². The lowest BCUT2D eigenvalue weighted by molar-refractivity contribution is 0.0936. The summed E-state index contributed by atoms with van der Waals surface area (Å²) in [5.41, 5.74) is 0.644. The highest BCUT2D eigenvalue weighted by molar-refractivity contribution is 5.74. The van der Waals surface area contributed by atoms with Gasteiger partial charge in [-0.05, 0) is 38.0 Å². The molecule has 162 valence electrons. The Kier molecular flexibility index (Phi) is 6.61. The van der Waals surface area contributed by atoms with Gasteiger partial charge in [-0.2, -0.15) is 4.98 Å². The van der Waals surface area contributed by atoms with Crippen LogP contribution in [-0.4, -0.2) is 50.0 Å². The van der Waals surface area contributed by atoms with Crippen LogP contribution in [-0.2, 0) is 20.0 Å². The molecule has 0 unspecified atom stereocenters. The standard InChI is InChI=1S/C21H29N5O4/c1-5-14-9-8-10-16(11-14)30-13-15(27)12-26-17-18(22-20(26)25(6-2)7-3)24(4)21(29)23-19(17)28/h8-11,15,27H,5-7,12-13H2,1-4H3,(H,23,28,29)/t15-/m1/s1. The molecule has 0 aliphatic heterocycles. The van der Waals surface area contributed by atoms with Gasteiger partial charge < -0.3 is 19.3 Å². The Hall–Kier alpha value is -3.07. The van der Waals surface area contributed by atoms with Crippen LogP contribution in [0, 0.1) is 0 Å². The quantitative estimate of drug-likeness (QED) is 0.545. The molecule has 2 N–H and O–H groups in total. The number of H-pyrrole nitrogens is 1. The SMILES string of the molecule is CCc1cccc(OC[C@H](O)Cn2c(N(CC)CC)nc3c2c(=O)[nH]c(=O)n3C)c1. The summed E-state index contributed by atoms with van der Waals surface area (Å²) in [6, 6.07) is 7.73. The zero-order valence-electron chi connectivity index (χ0n) is 17.9. The summed E-state index contributed by atoms with van der Waals surface area (Å²) in [4.78, 5) is 33.4. The first-order chi connectivity index (χ1) is 14.4. The lowest BCUT2D eigenvalue weighted by Crippen LogP contribution is -2.32. The molecule has 0 fully saturated rings. The third kappa shape index (κ3) is 4.25. The lowest BCUT2D eigenvalue weighted by atomic mass is 10.2. The number of aryl methyl sites for hydroxylation is 2. The predicted molar refractivity (Wildman–Crippen MR) is 116 cm³/mol. The molecule has 0 saturated heterocycles. The van der Waals surface area contributed by atoms with Crippen molar-refractivity contribution in [2.24, 2.45) is 7.05 Å². The summed E-state index contributed by atoms with van der Waals surface area (Å²) in [5, 5.41) is 10.7. The van der Waals surface area contributed by atoms with Gasteiger partial charge in [0, 0.05) is 20.1 Å². The molecule has 0 aliphatic carbocycles. The number of fused-ring (bicyclic) bond motifs is 1. The fourth-order valence-electron chi connectivity index (χ4n) is 3.45. The molecule has 2 heterocycles. The molecule has 0 amide bonds. The van der Waals surface area contributed by atoms with E-state index in [1.165, 1.54) is 4.57 Å². The van der Waals surface area contributed by atoms with Crippen molar-refractivity contribution in [1.29, 1.82) is 0 Å². The van der Waals surface area contributed by atoms with Crippen molar-refractivity contribution in [3.63, 3.8) is 0 Å². The second-order valence-corrected chi connectivity index (χ2v) is 7.15. The van der Waals surface area contributed by atoms with Crippen LogP contribution < -0.4 is 20.9 Å². The number of imidazole rings is 1. The van der Waals surface area contributed by atoms with Crippen molar-refractivity contribution >= 4 is 17.1 Å². The Morgan fingerprint density at radius 3 is 2.63 bits per heavy atom. The van der Waals surface area contributed by atoms with E-state index in [-0.39, 0.29) is 24.3 Å². The summed E-state index contributed by atoms with van der Waals surface area (Å²) in [7, 11) is 1.56. The van der Waals surface area contributed by atoms with Crippen LogP contribution in [0.5, 0.6) is 5.75 Å². The number of hydrogen-bond donors (Lipinski definition) is 2. The third-order valence-corrected chi connectivity index (χ3v) is 5.18. The molecule has 2 aromatic heterocycles. The number of benzene rings is 1. The fraction of sp³-hybridized carbons (Fsp3) is 0.476. The van der Waals surface area contributed by atoms with E-state index < -0.39 is 17.4 Å². The van der Waals surface area contributed by atoms with E-state index in [4.69, 9.17) is 4.74 Å². The maximum absolute atomic E-state index is 12.6. The van der Waals surface area contributed by atoms with Crippen LogP contribution in [0.1, 0.15) is 26.3 Å². The average molecular weight is 415 g/mol. The van der Waals surface area contributed by atoms with Gasteiger partial charge in [0.25, 0.3) is 5.56 Å². The number of aliphatic hydroxyl groups is 1.